The first-order valence-electron chi connectivity index (χ1n) is 10.3. The number of rotatable bonds is 7. The first kappa shape index (κ1) is 21.6. The van der Waals surface area contributed by atoms with Crippen molar-refractivity contribution in [1.29, 1.82) is 0 Å². The molecule has 3 rings (SSSR count). The summed E-state index contributed by atoms with van der Waals surface area (Å²) < 4.78 is 10.8. The van der Waals surface area contributed by atoms with Gasteiger partial charge in [0.2, 0.25) is 5.91 Å². The van der Waals surface area contributed by atoms with Gasteiger partial charge in [-0.1, -0.05) is 6.07 Å². The van der Waals surface area contributed by atoms with Crippen molar-refractivity contribution in [1.82, 2.24) is 9.88 Å². The minimum absolute atomic E-state index is 0.0618. The van der Waals surface area contributed by atoms with E-state index >= 15 is 0 Å². The highest BCUT2D eigenvalue weighted by Crippen LogP contribution is 2.37. The second-order valence-corrected chi connectivity index (χ2v) is 7.45. The van der Waals surface area contributed by atoms with Crippen LogP contribution < -0.4 is 14.8 Å². The van der Waals surface area contributed by atoms with Crippen LogP contribution in [0.15, 0.2) is 36.5 Å². The molecule has 7 heteroatoms. The molecule has 1 aromatic carbocycles. The summed E-state index contributed by atoms with van der Waals surface area (Å²) in [6, 6.07) is 9.41. The first-order chi connectivity index (χ1) is 14.5. The molecule has 160 valence electrons. The highest BCUT2D eigenvalue weighted by Gasteiger charge is 2.29. The second-order valence-electron chi connectivity index (χ2n) is 7.45. The molecule has 2 aromatic rings. The molecule has 1 saturated heterocycles. The molecule has 0 bridgehead atoms. The number of carbonyl (C=O) groups is 2. The Balaban J connectivity index is 1.84. The number of pyridine rings is 1. The lowest BCUT2D eigenvalue weighted by Crippen LogP contribution is -2.44. The van der Waals surface area contributed by atoms with Gasteiger partial charge in [0.05, 0.1) is 19.9 Å². The standard InChI is InChI=1S/C23H29N3O4/c1-16(27)25-20-14-17(15-21(29-2)22(20)30-3)23(28)26-13-7-5-9-19(26)11-10-18-8-4-6-12-24-18/h4,6,8,12,14-15,19H,5,7,9-11,13H2,1-3H3,(H,25,27). The van der Waals surface area contributed by atoms with Crippen LogP contribution in [0.25, 0.3) is 0 Å². The van der Waals surface area contributed by atoms with Crippen molar-refractivity contribution < 1.29 is 19.1 Å². The van der Waals surface area contributed by atoms with Crippen LogP contribution in [0.5, 0.6) is 11.5 Å². The largest absolute Gasteiger partial charge is 0.493 e. The van der Waals surface area contributed by atoms with Crippen molar-refractivity contribution in [2.24, 2.45) is 0 Å². The summed E-state index contributed by atoms with van der Waals surface area (Å²) in [7, 11) is 3.02. The predicted molar refractivity (Wildman–Crippen MR) is 115 cm³/mol. The Morgan fingerprint density at radius 1 is 1.20 bits per heavy atom. The van der Waals surface area contributed by atoms with Gasteiger partial charge in [0.15, 0.2) is 11.5 Å². The first-order valence-corrected chi connectivity index (χ1v) is 10.3. The summed E-state index contributed by atoms with van der Waals surface area (Å²) >= 11 is 0. The van der Waals surface area contributed by atoms with Gasteiger partial charge in [-0.25, -0.2) is 0 Å². The van der Waals surface area contributed by atoms with Crippen molar-refractivity contribution in [3.8, 4) is 11.5 Å². The molecule has 0 radical (unpaired) electrons. The van der Waals surface area contributed by atoms with Gasteiger partial charge in [-0.3, -0.25) is 14.6 Å². The topological polar surface area (TPSA) is 80.8 Å². The maximum atomic E-state index is 13.4. The number of piperidine rings is 1. The van der Waals surface area contributed by atoms with Gasteiger partial charge in [0, 0.05) is 37.0 Å². The molecule has 1 aromatic heterocycles. The van der Waals surface area contributed by atoms with Gasteiger partial charge in [0.1, 0.15) is 0 Å². The fourth-order valence-corrected chi connectivity index (χ4v) is 3.96. The molecule has 1 aliphatic rings. The zero-order valence-corrected chi connectivity index (χ0v) is 17.8. The van der Waals surface area contributed by atoms with E-state index in [0.717, 1.165) is 44.3 Å². The smallest absolute Gasteiger partial charge is 0.254 e. The lowest BCUT2D eigenvalue weighted by molar-refractivity contribution is -0.114. The molecule has 2 heterocycles. The Bertz CT molecular complexity index is 886. The molecule has 0 aliphatic carbocycles. The second kappa shape index (κ2) is 10.1. The lowest BCUT2D eigenvalue weighted by Gasteiger charge is -2.36. The summed E-state index contributed by atoms with van der Waals surface area (Å²) in [4.78, 5) is 31.4. The molecule has 30 heavy (non-hydrogen) atoms. The number of aromatic nitrogens is 1. The number of aryl methyl sites for hydroxylation is 1. The van der Waals surface area contributed by atoms with E-state index in [4.69, 9.17) is 9.47 Å². The third-order valence-corrected chi connectivity index (χ3v) is 5.38. The predicted octanol–water partition coefficient (Wildman–Crippen LogP) is 3.68. The SMILES string of the molecule is COc1cc(C(=O)N2CCCCC2CCc2ccccn2)cc(NC(C)=O)c1OC. The zero-order valence-electron chi connectivity index (χ0n) is 17.8. The quantitative estimate of drug-likeness (QED) is 0.752. The molecule has 1 aliphatic heterocycles. The molecular formula is C23H29N3O4. The number of hydrogen-bond donors (Lipinski definition) is 1. The third kappa shape index (κ3) is 5.09. The van der Waals surface area contributed by atoms with Crippen molar-refractivity contribution in [2.75, 3.05) is 26.1 Å². The fraction of sp³-hybridized carbons (Fsp3) is 0.435. The van der Waals surface area contributed by atoms with Crippen LogP contribution in [0.2, 0.25) is 0 Å². The zero-order chi connectivity index (χ0) is 21.5. The molecule has 1 unspecified atom stereocenters. The normalized spacial score (nSPS) is 16.1. The van der Waals surface area contributed by atoms with Gasteiger partial charge in [-0.05, 0) is 56.4 Å². The van der Waals surface area contributed by atoms with E-state index in [1.807, 2.05) is 23.1 Å². The molecule has 1 atom stereocenters. The summed E-state index contributed by atoms with van der Waals surface area (Å²) in [5, 5.41) is 2.73. The maximum Gasteiger partial charge on any atom is 0.254 e. The number of hydrogen-bond acceptors (Lipinski definition) is 5. The number of likely N-dealkylation sites (tertiary alicyclic amines) is 1. The molecule has 0 saturated carbocycles. The van der Waals surface area contributed by atoms with E-state index < -0.39 is 0 Å². The van der Waals surface area contributed by atoms with Crippen molar-refractivity contribution in [2.45, 2.75) is 45.1 Å². The summed E-state index contributed by atoms with van der Waals surface area (Å²) in [5.41, 5.74) is 1.94. The number of benzene rings is 1. The van der Waals surface area contributed by atoms with Crippen molar-refractivity contribution in [3.05, 3.63) is 47.8 Å². The van der Waals surface area contributed by atoms with Crippen molar-refractivity contribution in [3.63, 3.8) is 0 Å². The van der Waals surface area contributed by atoms with E-state index in [1.54, 1.807) is 18.3 Å². The number of amides is 2. The molecule has 7 nitrogen and oxygen atoms in total. The fourth-order valence-electron chi connectivity index (χ4n) is 3.96. The monoisotopic (exact) mass is 411 g/mol. The number of nitrogens with zero attached hydrogens (tertiary/aromatic N) is 2. The van der Waals surface area contributed by atoms with Crippen LogP contribution in [0.4, 0.5) is 5.69 Å². The third-order valence-electron chi connectivity index (χ3n) is 5.38. The van der Waals surface area contributed by atoms with Gasteiger partial charge >= 0.3 is 0 Å². The van der Waals surface area contributed by atoms with Crippen LogP contribution in [0, 0.1) is 0 Å². The Morgan fingerprint density at radius 3 is 2.70 bits per heavy atom. The summed E-state index contributed by atoms with van der Waals surface area (Å²) in [5.74, 6) is 0.503. The van der Waals surface area contributed by atoms with Gasteiger partial charge in [-0.15, -0.1) is 0 Å². The van der Waals surface area contributed by atoms with Crippen LogP contribution in [-0.4, -0.2) is 48.5 Å². The van der Waals surface area contributed by atoms with Gasteiger partial charge in [0.25, 0.3) is 5.91 Å². The average molecular weight is 412 g/mol. The number of ether oxygens (including phenoxy) is 2. The Labute approximate surface area is 177 Å². The number of carbonyl (C=O) groups excluding carboxylic acids is 2. The molecular weight excluding hydrogens is 382 g/mol. The Hall–Kier alpha value is -3.09. The Morgan fingerprint density at radius 2 is 2.03 bits per heavy atom. The molecule has 2 amide bonds. The van der Waals surface area contributed by atoms with Gasteiger partial charge in [-0.2, -0.15) is 0 Å². The number of methoxy groups -OCH3 is 2. The van der Waals surface area contributed by atoms with E-state index in [0.29, 0.717) is 22.7 Å². The Kier molecular flexibility index (Phi) is 7.27. The van der Waals surface area contributed by atoms with Gasteiger partial charge < -0.3 is 19.7 Å². The number of anilines is 1. The molecule has 1 N–H and O–H groups in total. The van der Waals surface area contributed by atoms with Crippen molar-refractivity contribution >= 4 is 17.5 Å². The van der Waals surface area contributed by atoms with E-state index in [1.165, 1.54) is 21.1 Å². The maximum absolute atomic E-state index is 13.4. The van der Waals surface area contributed by atoms with E-state index in [2.05, 4.69) is 10.3 Å². The molecule has 1 fully saturated rings. The minimum Gasteiger partial charge on any atom is -0.493 e. The summed E-state index contributed by atoms with van der Waals surface area (Å²) in [6.45, 7) is 2.13. The van der Waals surface area contributed by atoms with Crippen LogP contribution in [0.3, 0.4) is 0 Å². The van der Waals surface area contributed by atoms with Crippen LogP contribution in [0.1, 0.15) is 48.7 Å². The van der Waals surface area contributed by atoms with E-state index in [9.17, 15) is 9.59 Å². The van der Waals surface area contributed by atoms with Crippen LogP contribution >= 0.6 is 0 Å². The van der Waals surface area contributed by atoms with Crippen LogP contribution in [-0.2, 0) is 11.2 Å². The highest BCUT2D eigenvalue weighted by molar-refractivity contribution is 5.99. The number of nitrogens with one attached hydrogen (secondary N) is 1. The van der Waals surface area contributed by atoms with E-state index in [-0.39, 0.29) is 17.9 Å². The highest BCUT2D eigenvalue weighted by atomic mass is 16.5. The minimum atomic E-state index is -0.244. The molecule has 0 spiro atoms. The average Bonchev–Trinajstić information content (AvgIpc) is 2.77. The lowest BCUT2D eigenvalue weighted by atomic mass is 9.96. The summed E-state index contributed by atoms with van der Waals surface area (Å²) in [6.07, 6.45) is 6.57.